The standard InChI is InChI=1S/C11H22O2/c1-4-6-7-10(5-2)11(13)8-9(3)12/h10-11,13H,4-8H2,1-3H3/t10-,11+/m0/s1. The summed E-state index contributed by atoms with van der Waals surface area (Å²) in [6.45, 7) is 5.75. The highest BCUT2D eigenvalue weighted by atomic mass is 16.3. The molecule has 0 aromatic heterocycles. The number of ketones is 1. The lowest BCUT2D eigenvalue weighted by Gasteiger charge is -2.20. The van der Waals surface area contributed by atoms with E-state index in [1.54, 1.807) is 0 Å². The largest absolute Gasteiger partial charge is 0.392 e. The van der Waals surface area contributed by atoms with Gasteiger partial charge in [-0.1, -0.05) is 33.1 Å². The van der Waals surface area contributed by atoms with Crippen LogP contribution in [0.5, 0.6) is 0 Å². The number of unbranched alkanes of at least 4 members (excludes halogenated alkanes) is 1. The van der Waals surface area contributed by atoms with Crippen molar-refractivity contribution < 1.29 is 9.90 Å². The third-order valence-electron chi connectivity index (χ3n) is 2.49. The van der Waals surface area contributed by atoms with Crippen molar-refractivity contribution in [1.29, 1.82) is 0 Å². The van der Waals surface area contributed by atoms with Crippen LogP contribution in [-0.4, -0.2) is 17.0 Å². The van der Waals surface area contributed by atoms with E-state index in [-0.39, 0.29) is 5.78 Å². The third-order valence-corrected chi connectivity index (χ3v) is 2.49. The number of aliphatic hydroxyl groups excluding tert-OH is 1. The molecular weight excluding hydrogens is 164 g/mol. The molecule has 0 radical (unpaired) electrons. The molecule has 0 aliphatic carbocycles. The fourth-order valence-corrected chi connectivity index (χ4v) is 1.60. The number of hydrogen-bond acceptors (Lipinski definition) is 2. The molecule has 78 valence electrons. The predicted molar refractivity (Wildman–Crippen MR) is 54.6 cm³/mol. The maximum atomic E-state index is 10.8. The van der Waals surface area contributed by atoms with Crippen LogP contribution >= 0.6 is 0 Å². The van der Waals surface area contributed by atoms with E-state index >= 15 is 0 Å². The lowest BCUT2D eigenvalue weighted by molar-refractivity contribution is -0.119. The maximum absolute atomic E-state index is 10.8. The van der Waals surface area contributed by atoms with Crippen molar-refractivity contribution in [1.82, 2.24) is 0 Å². The van der Waals surface area contributed by atoms with Crippen LogP contribution in [0.2, 0.25) is 0 Å². The summed E-state index contributed by atoms with van der Waals surface area (Å²) in [5, 5.41) is 9.69. The van der Waals surface area contributed by atoms with Gasteiger partial charge in [0, 0.05) is 6.42 Å². The van der Waals surface area contributed by atoms with E-state index in [1.807, 2.05) is 0 Å². The van der Waals surface area contributed by atoms with Gasteiger partial charge in [0.15, 0.2) is 0 Å². The van der Waals surface area contributed by atoms with Gasteiger partial charge in [-0.05, 0) is 19.3 Å². The van der Waals surface area contributed by atoms with Gasteiger partial charge in [0.1, 0.15) is 5.78 Å². The monoisotopic (exact) mass is 186 g/mol. The minimum absolute atomic E-state index is 0.0856. The minimum atomic E-state index is -0.422. The average molecular weight is 186 g/mol. The molecule has 0 aromatic rings. The first kappa shape index (κ1) is 12.6. The molecule has 0 heterocycles. The Kier molecular flexibility index (Phi) is 6.87. The van der Waals surface area contributed by atoms with Crippen molar-refractivity contribution in [2.75, 3.05) is 0 Å². The Hall–Kier alpha value is -0.370. The number of carbonyl (C=O) groups excluding carboxylic acids is 1. The van der Waals surface area contributed by atoms with E-state index in [4.69, 9.17) is 0 Å². The van der Waals surface area contributed by atoms with Crippen LogP contribution in [0.1, 0.15) is 52.9 Å². The van der Waals surface area contributed by atoms with Gasteiger partial charge >= 0.3 is 0 Å². The number of rotatable bonds is 7. The fraction of sp³-hybridized carbons (Fsp3) is 0.909. The SMILES string of the molecule is CCCC[C@H](CC)[C@H](O)CC(C)=O. The molecule has 0 saturated heterocycles. The number of carbonyl (C=O) groups is 1. The van der Waals surface area contributed by atoms with Gasteiger partial charge in [-0.25, -0.2) is 0 Å². The third kappa shape index (κ3) is 5.81. The van der Waals surface area contributed by atoms with Gasteiger partial charge in [-0.15, -0.1) is 0 Å². The summed E-state index contributed by atoms with van der Waals surface area (Å²) >= 11 is 0. The molecule has 0 amide bonds. The number of Topliss-reactive ketones (excluding diaryl/α,β-unsaturated/α-hetero) is 1. The minimum Gasteiger partial charge on any atom is -0.392 e. The van der Waals surface area contributed by atoms with E-state index < -0.39 is 6.10 Å². The quantitative estimate of drug-likeness (QED) is 0.663. The summed E-state index contributed by atoms with van der Waals surface area (Å²) in [6, 6.07) is 0. The Morgan fingerprint density at radius 1 is 1.38 bits per heavy atom. The van der Waals surface area contributed by atoms with E-state index in [9.17, 15) is 9.90 Å². The zero-order valence-corrected chi connectivity index (χ0v) is 9.05. The predicted octanol–water partition coefficient (Wildman–Crippen LogP) is 2.54. The molecule has 0 aliphatic rings. The van der Waals surface area contributed by atoms with Crippen LogP contribution in [0.4, 0.5) is 0 Å². The Balaban J connectivity index is 3.83. The fourth-order valence-electron chi connectivity index (χ4n) is 1.60. The number of aliphatic hydroxyl groups is 1. The first-order valence-electron chi connectivity index (χ1n) is 5.29. The first-order chi connectivity index (χ1) is 6.11. The molecule has 0 aliphatic heterocycles. The molecule has 2 nitrogen and oxygen atoms in total. The Labute approximate surface area is 81.3 Å². The smallest absolute Gasteiger partial charge is 0.132 e. The van der Waals surface area contributed by atoms with Gasteiger partial charge < -0.3 is 5.11 Å². The normalized spacial score (nSPS) is 15.4. The van der Waals surface area contributed by atoms with Crippen LogP contribution in [-0.2, 0) is 4.79 Å². The van der Waals surface area contributed by atoms with Crippen molar-refractivity contribution in [2.24, 2.45) is 5.92 Å². The first-order valence-corrected chi connectivity index (χ1v) is 5.29. The van der Waals surface area contributed by atoms with Gasteiger partial charge in [-0.2, -0.15) is 0 Å². The van der Waals surface area contributed by atoms with Crippen molar-refractivity contribution in [3.63, 3.8) is 0 Å². The van der Waals surface area contributed by atoms with Crippen LogP contribution in [0.25, 0.3) is 0 Å². The van der Waals surface area contributed by atoms with Crippen molar-refractivity contribution in [3.05, 3.63) is 0 Å². The van der Waals surface area contributed by atoms with Crippen molar-refractivity contribution >= 4 is 5.78 Å². The van der Waals surface area contributed by atoms with Gasteiger partial charge in [0.25, 0.3) is 0 Å². The Morgan fingerprint density at radius 2 is 2.00 bits per heavy atom. The topological polar surface area (TPSA) is 37.3 Å². The van der Waals surface area contributed by atoms with Crippen LogP contribution < -0.4 is 0 Å². The molecule has 2 atom stereocenters. The van der Waals surface area contributed by atoms with Gasteiger partial charge in [0.2, 0.25) is 0 Å². The summed E-state index contributed by atoms with van der Waals surface area (Å²) in [5.41, 5.74) is 0. The maximum Gasteiger partial charge on any atom is 0.132 e. The van der Waals surface area contributed by atoms with E-state index in [2.05, 4.69) is 13.8 Å². The molecule has 0 rings (SSSR count). The summed E-state index contributed by atoms with van der Waals surface area (Å²) in [6.07, 6.45) is 4.21. The highest BCUT2D eigenvalue weighted by Crippen LogP contribution is 2.19. The molecule has 13 heavy (non-hydrogen) atoms. The van der Waals surface area contributed by atoms with Crippen LogP contribution in [0, 0.1) is 5.92 Å². The van der Waals surface area contributed by atoms with Gasteiger partial charge in [0.05, 0.1) is 6.10 Å². The van der Waals surface area contributed by atoms with Gasteiger partial charge in [-0.3, -0.25) is 4.79 Å². The van der Waals surface area contributed by atoms with Crippen LogP contribution in [0.3, 0.4) is 0 Å². The Bertz CT molecular complexity index is 143. The highest BCUT2D eigenvalue weighted by molar-refractivity contribution is 5.75. The Morgan fingerprint density at radius 3 is 2.38 bits per heavy atom. The lowest BCUT2D eigenvalue weighted by Crippen LogP contribution is -2.22. The summed E-state index contributed by atoms with van der Waals surface area (Å²) in [7, 11) is 0. The second-order valence-corrected chi connectivity index (χ2v) is 3.78. The molecule has 0 unspecified atom stereocenters. The zero-order chi connectivity index (χ0) is 10.3. The molecule has 0 saturated carbocycles. The number of hydrogen-bond donors (Lipinski definition) is 1. The zero-order valence-electron chi connectivity index (χ0n) is 9.05. The lowest BCUT2D eigenvalue weighted by atomic mass is 9.91. The molecule has 0 bridgehead atoms. The second-order valence-electron chi connectivity index (χ2n) is 3.78. The molecule has 1 N–H and O–H groups in total. The average Bonchev–Trinajstić information content (AvgIpc) is 2.04. The molecular formula is C11H22O2. The summed E-state index contributed by atoms with van der Waals surface area (Å²) < 4.78 is 0. The van der Waals surface area contributed by atoms with E-state index in [1.165, 1.54) is 6.92 Å². The van der Waals surface area contributed by atoms with Crippen molar-refractivity contribution in [3.8, 4) is 0 Å². The van der Waals surface area contributed by atoms with E-state index in [0.29, 0.717) is 12.3 Å². The molecule has 0 spiro atoms. The summed E-state index contributed by atoms with van der Waals surface area (Å²) in [4.78, 5) is 10.8. The van der Waals surface area contributed by atoms with Crippen LogP contribution in [0.15, 0.2) is 0 Å². The summed E-state index contributed by atoms with van der Waals surface area (Å²) in [5.74, 6) is 0.395. The molecule has 0 fully saturated rings. The highest BCUT2D eigenvalue weighted by Gasteiger charge is 2.17. The molecule has 2 heteroatoms. The second kappa shape index (κ2) is 7.07. The molecule has 0 aromatic carbocycles. The van der Waals surface area contributed by atoms with Crippen molar-refractivity contribution in [2.45, 2.75) is 59.0 Å². The van der Waals surface area contributed by atoms with E-state index in [0.717, 1.165) is 25.7 Å².